The van der Waals surface area contributed by atoms with Gasteiger partial charge < -0.3 is 9.32 Å². The SMILES string of the molecule is CN1CCN=C(C=Cc2ccccc2Sc2ccc(Cl)cc2)c2ccc(-c3ccco3)cc21.Cl.Cl. The van der Waals surface area contributed by atoms with Crippen molar-refractivity contribution in [3.63, 3.8) is 0 Å². The van der Waals surface area contributed by atoms with Crippen molar-refractivity contribution in [2.24, 2.45) is 4.99 Å². The summed E-state index contributed by atoms with van der Waals surface area (Å²) in [6.07, 6.45) is 6.00. The molecule has 0 aliphatic carbocycles. The maximum absolute atomic E-state index is 6.04. The van der Waals surface area contributed by atoms with Crippen molar-refractivity contribution in [2.45, 2.75) is 9.79 Å². The van der Waals surface area contributed by atoms with Crippen LogP contribution in [0.5, 0.6) is 0 Å². The summed E-state index contributed by atoms with van der Waals surface area (Å²) >= 11 is 7.77. The fourth-order valence-electron chi connectivity index (χ4n) is 3.84. The molecule has 5 rings (SSSR count). The second-order valence-corrected chi connectivity index (χ2v) is 9.38. The zero-order valence-electron chi connectivity index (χ0n) is 19.1. The van der Waals surface area contributed by atoms with Gasteiger partial charge in [0.05, 0.1) is 18.5 Å². The maximum Gasteiger partial charge on any atom is 0.133 e. The van der Waals surface area contributed by atoms with Crippen LogP contribution in [0.25, 0.3) is 17.4 Å². The van der Waals surface area contributed by atoms with Crippen molar-refractivity contribution in [3.8, 4) is 11.3 Å². The van der Waals surface area contributed by atoms with E-state index in [4.69, 9.17) is 21.0 Å². The highest BCUT2D eigenvalue weighted by Crippen LogP contribution is 2.33. The van der Waals surface area contributed by atoms with E-state index in [0.717, 1.165) is 56.9 Å². The molecule has 3 aromatic carbocycles. The number of likely N-dealkylation sites (N-methyl/N-ethyl adjacent to an activating group) is 1. The number of anilines is 1. The van der Waals surface area contributed by atoms with Crippen LogP contribution in [-0.2, 0) is 0 Å². The molecule has 0 N–H and O–H groups in total. The van der Waals surface area contributed by atoms with Gasteiger partial charge in [0.2, 0.25) is 0 Å². The molecule has 7 heteroatoms. The van der Waals surface area contributed by atoms with Crippen LogP contribution < -0.4 is 4.90 Å². The van der Waals surface area contributed by atoms with Gasteiger partial charge in [-0.3, -0.25) is 4.99 Å². The fraction of sp³-hybridized carbons (Fsp3) is 0.107. The number of benzene rings is 3. The Morgan fingerprint density at radius 2 is 1.74 bits per heavy atom. The van der Waals surface area contributed by atoms with Crippen LogP contribution >= 0.6 is 48.2 Å². The van der Waals surface area contributed by atoms with Gasteiger partial charge in [-0.15, -0.1) is 24.8 Å². The summed E-state index contributed by atoms with van der Waals surface area (Å²) in [6, 6.07) is 26.7. The van der Waals surface area contributed by atoms with E-state index >= 15 is 0 Å². The van der Waals surface area contributed by atoms with Crippen LogP contribution in [-0.4, -0.2) is 25.8 Å². The van der Waals surface area contributed by atoms with Crippen LogP contribution in [0.4, 0.5) is 5.69 Å². The van der Waals surface area contributed by atoms with Crippen LogP contribution in [0.1, 0.15) is 11.1 Å². The topological polar surface area (TPSA) is 28.7 Å². The molecule has 0 radical (unpaired) electrons. The third kappa shape index (κ3) is 6.33. The number of furan rings is 1. The molecule has 2 heterocycles. The van der Waals surface area contributed by atoms with Gasteiger partial charge in [0.25, 0.3) is 0 Å². The number of rotatable bonds is 5. The first kappa shape index (κ1) is 27.0. The smallest absolute Gasteiger partial charge is 0.133 e. The number of hydrogen-bond donors (Lipinski definition) is 0. The Hall–Kier alpha value is -2.63. The van der Waals surface area contributed by atoms with E-state index in [2.05, 4.69) is 66.6 Å². The summed E-state index contributed by atoms with van der Waals surface area (Å²) in [5.74, 6) is 0.873. The van der Waals surface area contributed by atoms with Gasteiger partial charge in [0.1, 0.15) is 5.76 Å². The van der Waals surface area contributed by atoms with E-state index in [1.165, 1.54) is 4.90 Å². The first-order valence-corrected chi connectivity index (χ1v) is 12.0. The molecule has 0 unspecified atom stereocenters. The number of hydrogen-bond acceptors (Lipinski definition) is 4. The molecule has 1 aliphatic heterocycles. The lowest BCUT2D eigenvalue weighted by Gasteiger charge is -2.20. The van der Waals surface area contributed by atoms with E-state index in [-0.39, 0.29) is 24.8 Å². The molecule has 4 aromatic rings. The number of nitrogens with zero attached hydrogens (tertiary/aromatic N) is 2. The molecule has 0 bridgehead atoms. The van der Waals surface area contributed by atoms with Crippen LogP contribution in [0.2, 0.25) is 5.02 Å². The first-order valence-electron chi connectivity index (χ1n) is 10.8. The van der Waals surface area contributed by atoms with E-state index in [9.17, 15) is 0 Å². The Morgan fingerprint density at radius 1 is 0.943 bits per heavy atom. The lowest BCUT2D eigenvalue weighted by atomic mass is 10.0. The molecule has 0 fully saturated rings. The van der Waals surface area contributed by atoms with Crippen molar-refractivity contribution in [3.05, 3.63) is 107 Å². The van der Waals surface area contributed by atoms with E-state index in [1.807, 2.05) is 36.4 Å². The van der Waals surface area contributed by atoms with Crippen molar-refractivity contribution in [1.82, 2.24) is 0 Å². The predicted octanol–water partition coefficient (Wildman–Crippen LogP) is 8.55. The van der Waals surface area contributed by atoms with Crippen molar-refractivity contribution in [1.29, 1.82) is 0 Å². The normalized spacial score (nSPS) is 12.9. The number of benzodiazepines with no additional fused rings is 1. The molecule has 0 saturated heterocycles. The zero-order valence-corrected chi connectivity index (χ0v) is 22.3. The van der Waals surface area contributed by atoms with Crippen LogP contribution in [0.3, 0.4) is 0 Å². The summed E-state index contributed by atoms with van der Waals surface area (Å²) in [5.41, 5.74) is 5.51. The van der Waals surface area contributed by atoms with Gasteiger partial charge in [-0.05, 0) is 60.2 Å². The van der Waals surface area contributed by atoms with Crippen molar-refractivity contribution in [2.75, 3.05) is 25.0 Å². The Morgan fingerprint density at radius 3 is 2.51 bits per heavy atom. The number of allylic oxidation sites excluding steroid dienone is 1. The van der Waals surface area contributed by atoms with Gasteiger partial charge in [-0.2, -0.15) is 0 Å². The molecule has 35 heavy (non-hydrogen) atoms. The molecular formula is C28H25Cl3N2OS. The minimum atomic E-state index is 0. The monoisotopic (exact) mass is 542 g/mol. The lowest BCUT2D eigenvalue weighted by molar-refractivity contribution is 0.582. The van der Waals surface area contributed by atoms with Crippen molar-refractivity contribution < 1.29 is 4.42 Å². The van der Waals surface area contributed by atoms with E-state index in [0.29, 0.717) is 0 Å². The second-order valence-electron chi connectivity index (χ2n) is 7.82. The molecule has 0 saturated carbocycles. The molecule has 0 atom stereocenters. The van der Waals surface area contributed by atoms with Gasteiger partial charge in [-0.25, -0.2) is 0 Å². The Bertz CT molecular complexity index is 1320. The van der Waals surface area contributed by atoms with Gasteiger partial charge in [0, 0.05) is 45.2 Å². The van der Waals surface area contributed by atoms with E-state index < -0.39 is 0 Å². The molecule has 180 valence electrons. The molecule has 0 spiro atoms. The third-order valence-corrected chi connectivity index (χ3v) is 6.94. The number of halogens is 3. The second kappa shape index (κ2) is 12.4. The molecule has 1 aromatic heterocycles. The molecule has 1 aliphatic rings. The first-order chi connectivity index (χ1) is 16.2. The highest BCUT2D eigenvalue weighted by Gasteiger charge is 2.16. The average molecular weight is 544 g/mol. The van der Waals surface area contributed by atoms with Gasteiger partial charge >= 0.3 is 0 Å². The summed E-state index contributed by atoms with van der Waals surface area (Å²) < 4.78 is 5.61. The summed E-state index contributed by atoms with van der Waals surface area (Å²) in [4.78, 5) is 9.50. The highest BCUT2D eigenvalue weighted by atomic mass is 35.5. The summed E-state index contributed by atoms with van der Waals surface area (Å²) in [5, 5.41) is 0.748. The largest absolute Gasteiger partial charge is 0.464 e. The Labute approximate surface area is 227 Å². The fourth-order valence-corrected chi connectivity index (χ4v) is 4.89. The minimum absolute atomic E-state index is 0. The summed E-state index contributed by atoms with van der Waals surface area (Å²) in [7, 11) is 2.12. The standard InChI is InChI=1S/C28H23ClN2OS.2ClH/c1-31-17-16-30-25(24-14-8-21(19-26(24)31)27-6-4-18-32-27)15-9-20-5-2-3-7-28(20)33-23-12-10-22(29)11-13-23;;/h2-15,18-19H,16-17H2,1H3;2*1H. The molecule has 0 amide bonds. The van der Waals surface area contributed by atoms with E-state index in [1.54, 1.807) is 18.0 Å². The number of aliphatic imine (C=N–C) groups is 1. The predicted molar refractivity (Wildman–Crippen MR) is 154 cm³/mol. The summed E-state index contributed by atoms with van der Waals surface area (Å²) in [6.45, 7) is 1.62. The van der Waals surface area contributed by atoms with Gasteiger partial charge in [-0.1, -0.05) is 59.8 Å². The van der Waals surface area contributed by atoms with Gasteiger partial charge in [0.15, 0.2) is 0 Å². The molecule has 3 nitrogen and oxygen atoms in total. The quantitative estimate of drug-likeness (QED) is 0.252. The average Bonchev–Trinajstić information content (AvgIpc) is 3.33. The van der Waals surface area contributed by atoms with Crippen LogP contribution in [0, 0.1) is 0 Å². The lowest BCUT2D eigenvalue weighted by Crippen LogP contribution is -2.20. The third-order valence-electron chi connectivity index (χ3n) is 5.59. The Balaban J connectivity index is 0.00000171. The highest BCUT2D eigenvalue weighted by molar-refractivity contribution is 7.99. The minimum Gasteiger partial charge on any atom is -0.464 e. The molecular weight excluding hydrogens is 519 g/mol. The zero-order chi connectivity index (χ0) is 22.6. The Kier molecular flexibility index (Phi) is 9.53. The number of fused-ring (bicyclic) bond motifs is 1. The van der Waals surface area contributed by atoms with Crippen LogP contribution in [0.15, 0.2) is 110 Å². The van der Waals surface area contributed by atoms with Crippen molar-refractivity contribution >= 4 is 65.7 Å². The maximum atomic E-state index is 6.04.